The van der Waals surface area contributed by atoms with Gasteiger partial charge in [-0.3, -0.25) is 0 Å². The third-order valence-electron chi connectivity index (χ3n) is 8.11. The maximum Gasteiger partial charge on any atom is 0.225 e. The fraction of sp³-hybridized carbons (Fsp3) is 0.452. The number of nitriles is 1. The summed E-state index contributed by atoms with van der Waals surface area (Å²) in [6.07, 6.45) is 5.08. The van der Waals surface area contributed by atoms with E-state index in [1.807, 2.05) is 20.0 Å². The molecule has 0 radical (unpaired) electrons. The zero-order valence-electron chi connectivity index (χ0n) is 23.4. The Bertz CT molecular complexity index is 1590. The molecule has 1 saturated heterocycles. The molecule has 0 aliphatic carbocycles. The highest BCUT2D eigenvalue weighted by Gasteiger charge is 2.32. The molecule has 0 bridgehead atoms. The van der Waals surface area contributed by atoms with Crippen molar-refractivity contribution in [3.63, 3.8) is 0 Å². The summed E-state index contributed by atoms with van der Waals surface area (Å²) in [7, 11) is 0. The Balaban J connectivity index is 0.00000151. The van der Waals surface area contributed by atoms with Crippen LogP contribution in [-0.4, -0.2) is 23.1 Å². The Kier molecular flexibility index (Phi) is 7.75. The summed E-state index contributed by atoms with van der Waals surface area (Å²) in [6.45, 7) is 13.5. The summed E-state index contributed by atoms with van der Waals surface area (Å²) in [5.74, 6) is 1.66. The van der Waals surface area contributed by atoms with E-state index < -0.39 is 0 Å². The molecular weight excluding hydrogens is 509 g/mol. The number of rotatable bonds is 5. The van der Waals surface area contributed by atoms with Crippen LogP contribution in [0.25, 0.3) is 32.1 Å². The van der Waals surface area contributed by atoms with Gasteiger partial charge in [0.15, 0.2) is 0 Å². The van der Waals surface area contributed by atoms with Crippen LogP contribution in [0.1, 0.15) is 69.7 Å². The van der Waals surface area contributed by atoms with E-state index in [2.05, 4.69) is 31.7 Å². The molecule has 0 spiro atoms. The number of nitrogens with zero attached hydrogens (tertiary/aromatic N) is 4. The Labute approximate surface area is 233 Å². The fourth-order valence-electron chi connectivity index (χ4n) is 6.29. The second-order valence-corrected chi connectivity index (χ2v) is 11.3. The molecule has 204 valence electrons. The molecule has 6 nitrogen and oxygen atoms in total. The van der Waals surface area contributed by atoms with Gasteiger partial charge in [-0.05, 0) is 58.6 Å². The highest BCUT2D eigenvalue weighted by Crippen LogP contribution is 2.46. The Morgan fingerprint density at radius 2 is 1.97 bits per heavy atom. The van der Waals surface area contributed by atoms with Crippen LogP contribution in [0.4, 0.5) is 15.3 Å². The van der Waals surface area contributed by atoms with Gasteiger partial charge >= 0.3 is 0 Å². The first-order valence-corrected chi connectivity index (χ1v) is 14.8. The van der Waals surface area contributed by atoms with E-state index in [9.17, 15) is 9.65 Å². The summed E-state index contributed by atoms with van der Waals surface area (Å²) >= 11 is 1.13. The zero-order valence-corrected chi connectivity index (χ0v) is 24.2. The Morgan fingerprint density at radius 3 is 2.69 bits per heavy atom. The van der Waals surface area contributed by atoms with Crippen molar-refractivity contribution in [1.82, 2.24) is 9.97 Å². The topological polar surface area (TPSA) is 88.1 Å². The van der Waals surface area contributed by atoms with E-state index in [0.29, 0.717) is 45.7 Å². The molecule has 2 aliphatic heterocycles. The lowest BCUT2D eigenvalue weighted by Gasteiger charge is -2.21. The first-order chi connectivity index (χ1) is 19.0. The highest BCUT2D eigenvalue weighted by molar-refractivity contribution is 7.23. The average molecular weight is 546 g/mol. The van der Waals surface area contributed by atoms with Crippen LogP contribution in [-0.2, 0) is 24.4 Å². The first kappa shape index (κ1) is 27.3. The highest BCUT2D eigenvalue weighted by atomic mass is 32.1. The molecule has 2 unspecified atom stereocenters. The number of fused-ring (bicyclic) bond motifs is 4. The summed E-state index contributed by atoms with van der Waals surface area (Å²) in [5, 5.41) is 11.8. The number of halogens is 1. The van der Waals surface area contributed by atoms with Crippen molar-refractivity contribution in [2.45, 2.75) is 67.1 Å². The van der Waals surface area contributed by atoms with Gasteiger partial charge in [-0.1, -0.05) is 47.1 Å². The first-order valence-electron chi connectivity index (χ1n) is 14.0. The lowest BCUT2D eigenvalue weighted by molar-refractivity contribution is 0.135. The van der Waals surface area contributed by atoms with Crippen molar-refractivity contribution in [1.29, 1.82) is 5.26 Å². The fourth-order valence-corrected chi connectivity index (χ4v) is 7.24. The minimum atomic E-state index is -0.363. The summed E-state index contributed by atoms with van der Waals surface area (Å²) in [6, 6.07) is 5.48. The van der Waals surface area contributed by atoms with Crippen LogP contribution >= 0.6 is 11.3 Å². The number of ether oxygens (including phenoxy) is 1. The van der Waals surface area contributed by atoms with E-state index in [1.54, 1.807) is 6.07 Å². The van der Waals surface area contributed by atoms with E-state index in [0.717, 1.165) is 75.5 Å². The molecule has 4 aromatic rings. The molecule has 1 fully saturated rings. The Hall–Kier alpha value is -3.28. The lowest BCUT2D eigenvalue weighted by atomic mass is 9.86. The van der Waals surface area contributed by atoms with Gasteiger partial charge in [0, 0.05) is 30.1 Å². The summed E-state index contributed by atoms with van der Waals surface area (Å²) in [5.41, 5.74) is 12.4. The molecule has 2 aromatic carbocycles. The molecule has 6 rings (SSSR count). The largest absolute Gasteiger partial charge is 0.389 e. The quantitative estimate of drug-likeness (QED) is 0.278. The average Bonchev–Trinajstić information content (AvgIpc) is 3.67. The molecule has 2 N–H and O–H groups in total. The predicted octanol–water partition coefficient (Wildman–Crippen LogP) is 7.60. The van der Waals surface area contributed by atoms with E-state index >= 15 is 0 Å². The van der Waals surface area contributed by atoms with Gasteiger partial charge in [-0.15, -0.1) is 11.3 Å². The van der Waals surface area contributed by atoms with Gasteiger partial charge in [-0.2, -0.15) is 5.26 Å². The number of benzene rings is 2. The minimum Gasteiger partial charge on any atom is -0.389 e. The standard InChI is InChI=1S/C29H30FN5OS.C2H6/c1-4-6-16-12-35(11-15(16)3)29-33-10-20-21-13-36-14-22(21)24(17(5-2)26(20)34-29)18-7-8-23(30)27-25(18)19(9-31)28(32)37-27;1-2/h7-8,10,15-16H,4-6,11-14,32H2,1-3H3;1-2H3. The van der Waals surface area contributed by atoms with E-state index in [-0.39, 0.29) is 5.82 Å². The molecule has 39 heavy (non-hydrogen) atoms. The van der Waals surface area contributed by atoms with Crippen molar-refractivity contribution in [3.05, 3.63) is 46.4 Å². The molecule has 0 saturated carbocycles. The number of aromatic nitrogens is 2. The van der Waals surface area contributed by atoms with Crippen molar-refractivity contribution in [2.75, 3.05) is 23.7 Å². The van der Waals surface area contributed by atoms with Crippen molar-refractivity contribution in [2.24, 2.45) is 11.8 Å². The second kappa shape index (κ2) is 11.1. The van der Waals surface area contributed by atoms with Crippen molar-refractivity contribution >= 4 is 43.3 Å². The normalized spacial score (nSPS) is 18.3. The smallest absolute Gasteiger partial charge is 0.225 e. The molecular formula is C31H36FN5OS. The lowest BCUT2D eigenvalue weighted by Crippen LogP contribution is -2.22. The van der Waals surface area contributed by atoms with Crippen molar-refractivity contribution in [3.8, 4) is 17.2 Å². The zero-order chi connectivity index (χ0) is 27.8. The van der Waals surface area contributed by atoms with Crippen molar-refractivity contribution < 1.29 is 9.13 Å². The Morgan fingerprint density at radius 1 is 1.21 bits per heavy atom. The number of nitrogen functional groups attached to an aromatic ring is 1. The summed E-state index contributed by atoms with van der Waals surface area (Å²) < 4.78 is 21.2. The number of thiophene rings is 1. The van der Waals surface area contributed by atoms with Gasteiger partial charge < -0.3 is 15.4 Å². The summed E-state index contributed by atoms with van der Waals surface area (Å²) in [4.78, 5) is 12.3. The maximum atomic E-state index is 14.9. The third kappa shape index (κ3) is 4.42. The predicted molar refractivity (Wildman–Crippen MR) is 158 cm³/mol. The monoisotopic (exact) mass is 545 g/mol. The maximum absolute atomic E-state index is 14.9. The van der Waals surface area contributed by atoms with Gasteiger partial charge in [-0.25, -0.2) is 14.4 Å². The molecule has 0 amide bonds. The number of aryl methyl sites for hydroxylation is 1. The number of nitrogens with two attached hydrogens (primary N) is 1. The van der Waals surface area contributed by atoms with Gasteiger partial charge in [0.1, 0.15) is 16.9 Å². The molecule has 2 atom stereocenters. The van der Waals surface area contributed by atoms with Crippen LogP contribution in [0.5, 0.6) is 0 Å². The SMILES string of the molecule is CC.CCCC1CN(c2ncc3c4c(c(-c5ccc(F)c6sc(N)c(C#N)c56)c(CC)c3n2)COC4)CC1C. The molecule has 4 heterocycles. The minimum absolute atomic E-state index is 0.334. The van der Waals surface area contributed by atoms with Crippen LogP contribution in [0.2, 0.25) is 0 Å². The third-order valence-corrected chi connectivity index (χ3v) is 9.14. The number of hydrogen-bond acceptors (Lipinski definition) is 7. The number of anilines is 2. The van der Waals surface area contributed by atoms with E-state index in [1.165, 1.54) is 18.9 Å². The number of hydrogen-bond donors (Lipinski definition) is 1. The van der Waals surface area contributed by atoms with Crippen LogP contribution in [0.3, 0.4) is 0 Å². The van der Waals surface area contributed by atoms with Crippen LogP contribution in [0.15, 0.2) is 18.3 Å². The van der Waals surface area contributed by atoms with Crippen LogP contribution in [0, 0.1) is 29.0 Å². The van der Waals surface area contributed by atoms with Gasteiger partial charge in [0.25, 0.3) is 0 Å². The van der Waals surface area contributed by atoms with Gasteiger partial charge in [0.2, 0.25) is 5.95 Å². The second-order valence-electron chi connectivity index (χ2n) is 10.3. The molecule has 2 aromatic heterocycles. The van der Waals surface area contributed by atoms with Crippen LogP contribution < -0.4 is 10.6 Å². The molecule has 8 heteroatoms. The van der Waals surface area contributed by atoms with Gasteiger partial charge in [0.05, 0.1) is 29.0 Å². The van der Waals surface area contributed by atoms with E-state index in [4.69, 9.17) is 20.4 Å². The molecule has 2 aliphatic rings.